The number of aromatic nitrogens is 9. The van der Waals surface area contributed by atoms with Gasteiger partial charge in [0.25, 0.3) is 0 Å². The van der Waals surface area contributed by atoms with E-state index in [1.807, 2.05) is 42.6 Å². The monoisotopic (exact) mass is 1470 g/mol. The maximum atomic E-state index is 15.3. The quantitative estimate of drug-likeness (QED) is 0.0426. The minimum Gasteiger partial charge on any atom is -0.383 e. The van der Waals surface area contributed by atoms with Gasteiger partial charge in [-0.05, 0) is 92.1 Å². The van der Waals surface area contributed by atoms with Crippen molar-refractivity contribution in [2.24, 2.45) is 0 Å². The number of nitrogens with zero attached hydrogens (tertiary/aromatic N) is 16. The molecular weight excluding hydrogens is 1370 g/mol. The van der Waals surface area contributed by atoms with E-state index in [4.69, 9.17) is 14.2 Å². The van der Waals surface area contributed by atoms with Crippen molar-refractivity contribution >= 4 is 47.1 Å². The molecule has 0 aliphatic carbocycles. The maximum Gasteiger partial charge on any atom is 0.243 e. The SMILES string of the molecule is CCCCCc1ccc(-c2cn(CCCNCC(=O)N(CCOC)CC(=O)N(CC(=O)N(CCCn3cc(-c4ccc(F)c(C)c4)nn3)CC(=O)N(CCOC)CC(=O)N(CC(=O)N(CC(=O)N(CCOC)CC(C)=O)Cc3cn(Cc4ccccc4)nn3)Cc3ccccc3)Cc3ccccc3)nn2)cc1. The number of carbonyl (C=O) groups excluding carboxylic acids is 8. The summed E-state index contributed by atoms with van der Waals surface area (Å²) in [6, 6.07) is 40.5. The van der Waals surface area contributed by atoms with Crippen LogP contribution in [0.2, 0.25) is 0 Å². The third kappa shape index (κ3) is 27.3. The van der Waals surface area contributed by atoms with Crippen LogP contribution >= 0.6 is 0 Å². The fraction of sp³-hybridized carbons (Fsp3) is 0.436. The lowest BCUT2D eigenvalue weighted by Crippen LogP contribution is -2.52. The summed E-state index contributed by atoms with van der Waals surface area (Å²) in [5, 5.41) is 29.2. The number of carbonyl (C=O) groups is 8. The minimum atomic E-state index is -0.675. The molecule has 3 aromatic heterocycles. The molecule has 3 heterocycles. The van der Waals surface area contributed by atoms with Gasteiger partial charge < -0.3 is 53.8 Å². The number of methoxy groups -OCH3 is 3. The molecule has 0 atom stereocenters. The van der Waals surface area contributed by atoms with Crippen LogP contribution in [0.5, 0.6) is 0 Å². The van der Waals surface area contributed by atoms with E-state index in [0.29, 0.717) is 59.7 Å². The highest BCUT2D eigenvalue weighted by Crippen LogP contribution is 2.22. The summed E-state index contributed by atoms with van der Waals surface area (Å²) in [5.41, 5.74) is 7.17. The second-order valence-electron chi connectivity index (χ2n) is 26.3. The van der Waals surface area contributed by atoms with Gasteiger partial charge in [-0.1, -0.05) is 151 Å². The fourth-order valence-corrected chi connectivity index (χ4v) is 11.8. The zero-order chi connectivity index (χ0) is 76.3. The maximum absolute atomic E-state index is 15.3. The molecule has 8 rings (SSSR count). The Bertz CT molecular complexity index is 4110. The van der Waals surface area contributed by atoms with Gasteiger partial charge in [0.2, 0.25) is 41.4 Å². The fourth-order valence-electron chi connectivity index (χ4n) is 11.8. The molecule has 8 aromatic rings. The molecule has 7 amide bonds. The number of hydrogen-bond acceptors (Lipinski definition) is 18. The predicted molar refractivity (Wildman–Crippen MR) is 398 cm³/mol. The Balaban J connectivity index is 1.01. The van der Waals surface area contributed by atoms with Gasteiger partial charge in [0.05, 0.1) is 84.2 Å². The van der Waals surface area contributed by atoms with Gasteiger partial charge in [-0.25, -0.2) is 9.07 Å². The summed E-state index contributed by atoms with van der Waals surface area (Å²) in [6.07, 6.45) is 10.6. The Morgan fingerprint density at radius 2 is 0.879 bits per heavy atom. The van der Waals surface area contributed by atoms with Crippen molar-refractivity contribution in [3.8, 4) is 22.5 Å². The van der Waals surface area contributed by atoms with Gasteiger partial charge in [-0.3, -0.25) is 47.7 Å². The normalized spacial score (nSPS) is 11.1. The van der Waals surface area contributed by atoms with Crippen molar-refractivity contribution in [1.82, 2.24) is 84.6 Å². The number of ether oxygens (including phenoxy) is 3. The largest absolute Gasteiger partial charge is 0.383 e. The van der Waals surface area contributed by atoms with Gasteiger partial charge in [0.1, 0.15) is 48.3 Å². The lowest BCUT2D eigenvalue weighted by Gasteiger charge is -2.32. The summed E-state index contributed by atoms with van der Waals surface area (Å²) in [4.78, 5) is 125. The van der Waals surface area contributed by atoms with E-state index in [2.05, 4.69) is 67.4 Å². The van der Waals surface area contributed by atoms with Crippen LogP contribution in [-0.2, 0) is 98.3 Å². The van der Waals surface area contributed by atoms with Crippen LogP contribution < -0.4 is 5.32 Å². The van der Waals surface area contributed by atoms with Gasteiger partial charge in [0.15, 0.2) is 0 Å². The number of rotatable bonds is 47. The van der Waals surface area contributed by atoms with E-state index in [0.717, 1.165) is 29.7 Å². The Morgan fingerprint density at radius 1 is 0.439 bits per heavy atom. The Kier molecular flexibility index (Phi) is 33.4. The molecule has 29 heteroatoms. The van der Waals surface area contributed by atoms with Crippen molar-refractivity contribution < 1.29 is 57.0 Å². The third-order valence-corrected chi connectivity index (χ3v) is 17.8. The van der Waals surface area contributed by atoms with Gasteiger partial charge in [0, 0.05) is 84.8 Å². The van der Waals surface area contributed by atoms with E-state index in [1.165, 1.54) is 87.0 Å². The van der Waals surface area contributed by atoms with Crippen molar-refractivity contribution in [2.45, 2.75) is 98.6 Å². The second-order valence-corrected chi connectivity index (χ2v) is 26.3. The van der Waals surface area contributed by atoms with Crippen molar-refractivity contribution in [2.75, 3.05) is 126 Å². The Labute approximate surface area is 624 Å². The molecule has 0 radical (unpaired) electrons. The number of amides is 7. The zero-order valence-electron chi connectivity index (χ0n) is 62.3. The number of benzene rings is 5. The lowest BCUT2D eigenvalue weighted by molar-refractivity contribution is -0.149. The van der Waals surface area contributed by atoms with Crippen LogP contribution in [0, 0.1) is 12.7 Å². The van der Waals surface area contributed by atoms with Crippen LogP contribution in [0.4, 0.5) is 4.39 Å². The van der Waals surface area contributed by atoms with Gasteiger partial charge >= 0.3 is 0 Å². The molecule has 0 aliphatic rings. The molecular formula is C78H100FN17O11. The highest BCUT2D eigenvalue weighted by molar-refractivity contribution is 5.93. The molecule has 570 valence electrons. The van der Waals surface area contributed by atoms with E-state index < -0.39 is 74.7 Å². The first-order valence-corrected chi connectivity index (χ1v) is 36.2. The van der Waals surface area contributed by atoms with Crippen LogP contribution in [0.1, 0.15) is 79.5 Å². The smallest absolute Gasteiger partial charge is 0.243 e. The predicted octanol–water partition coefficient (Wildman–Crippen LogP) is 6.02. The Morgan fingerprint density at radius 3 is 1.38 bits per heavy atom. The van der Waals surface area contributed by atoms with Crippen molar-refractivity contribution in [3.05, 3.63) is 191 Å². The zero-order valence-corrected chi connectivity index (χ0v) is 62.3. The van der Waals surface area contributed by atoms with E-state index >= 15 is 19.2 Å². The summed E-state index contributed by atoms with van der Waals surface area (Å²) in [5.74, 6) is -4.80. The minimum absolute atomic E-state index is 0.0421. The van der Waals surface area contributed by atoms with E-state index in [1.54, 1.807) is 100 Å². The number of hydrogen-bond donors (Lipinski definition) is 1. The van der Waals surface area contributed by atoms with Crippen LogP contribution in [0.25, 0.3) is 22.5 Å². The average Bonchev–Trinajstić information content (AvgIpc) is 1.84. The molecule has 0 saturated carbocycles. The number of unbranched alkanes of at least 4 members (excludes halogenated alkanes) is 2. The molecule has 0 fully saturated rings. The summed E-state index contributed by atoms with van der Waals surface area (Å²) in [7, 11) is 4.39. The Hall–Kier alpha value is -10.8. The third-order valence-electron chi connectivity index (χ3n) is 17.8. The molecule has 0 unspecified atom stereocenters. The van der Waals surface area contributed by atoms with Crippen molar-refractivity contribution in [1.29, 1.82) is 0 Å². The highest BCUT2D eigenvalue weighted by atomic mass is 19.1. The molecule has 5 aromatic carbocycles. The number of ketones is 1. The summed E-state index contributed by atoms with van der Waals surface area (Å²) >= 11 is 0. The number of nitrogens with one attached hydrogen (secondary N) is 1. The first-order valence-electron chi connectivity index (χ1n) is 36.2. The first kappa shape index (κ1) is 81.9. The second kappa shape index (κ2) is 43.6. The van der Waals surface area contributed by atoms with E-state index in [-0.39, 0.29) is 109 Å². The first-order chi connectivity index (χ1) is 51.9. The standard InChI is InChI=1S/C78H100FN17O11/c1-7-8-12-21-62-28-30-66(31-29-62)70-52-94(85-82-70)36-19-34-80-45-72(98)89(39-42-106-5)55-76(102)91(47-63-22-13-9-14-23-63)57-74(100)87(35-20-37-95-53-71(83-86-95)67-32-33-69(79)60(2)44-67)54-73(99)90(40-43-107-6)56-77(103)92(48-64-24-15-10-16-25-64)59-78(104)93(58-75(101)88(38-41-105-4)46-61(3)97)50-68-51-96(84-81-68)49-65-26-17-11-18-27-65/h9-11,13-18,22-33,44,51-53,80H,7-8,12,19-21,34-43,45-50,54-59H2,1-6H3. The topological polar surface area (TPSA) is 291 Å². The van der Waals surface area contributed by atoms with Crippen LogP contribution in [0.3, 0.4) is 0 Å². The molecule has 28 nitrogen and oxygen atoms in total. The van der Waals surface area contributed by atoms with Gasteiger partial charge in [-0.15, -0.1) is 15.3 Å². The van der Waals surface area contributed by atoms with Crippen LogP contribution in [0.15, 0.2) is 152 Å². The highest BCUT2D eigenvalue weighted by Gasteiger charge is 2.32. The summed E-state index contributed by atoms with van der Waals surface area (Å²) < 4.78 is 35.4. The number of aryl methyl sites for hydroxylation is 4. The van der Waals surface area contributed by atoms with Gasteiger partial charge in [-0.2, -0.15) is 0 Å². The van der Waals surface area contributed by atoms with Crippen molar-refractivity contribution in [3.63, 3.8) is 0 Å². The van der Waals surface area contributed by atoms with E-state index in [9.17, 15) is 23.6 Å². The van der Waals surface area contributed by atoms with Crippen LogP contribution in [-0.4, -0.2) is 253 Å². The molecule has 0 aliphatic heterocycles. The molecule has 107 heavy (non-hydrogen) atoms. The summed E-state index contributed by atoms with van der Waals surface area (Å²) in [6.45, 7) is 2.89. The molecule has 0 spiro atoms. The molecule has 1 N–H and O–H groups in total. The average molecular weight is 1470 g/mol. The molecule has 0 bridgehead atoms. The number of halogens is 1. The molecule has 0 saturated heterocycles. The number of Topliss-reactive ketones (excluding diaryl/α,β-unsaturated/α-hetero) is 1. The lowest BCUT2D eigenvalue weighted by atomic mass is 10.0.